The van der Waals surface area contributed by atoms with Crippen LogP contribution in [0.15, 0.2) is 34.9 Å². The van der Waals surface area contributed by atoms with E-state index in [2.05, 4.69) is 38.0 Å². The Labute approximate surface area is 90.5 Å². The molecule has 14 heavy (non-hydrogen) atoms. The van der Waals surface area contributed by atoms with Crippen LogP contribution in [0, 0.1) is 0 Å². The number of nitrogen functional groups attached to an aromatic ring is 1. The number of nitrogens with one attached hydrogen (secondary N) is 1. The third-order valence-electron chi connectivity index (χ3n) is 1.96. The van der Waals surface area contributed by atoms with E-state index in [-0.39, 0.29) is 0 Å². The molecule has 1 heterocycles. The standard InChI is InChI=1S/C10H10BrN3/c11-8-3-1-7(2-4-8)5-9-6-13-10(12)14-9/h1-4,6H,5H2,(H3,12,13,14). The zero-order valence-corrected chi connectivity index (χ0v) is 9.08. The van der Waals surface area contributed by atoms with Crippen LogP contribution in [0.1, 0.15) is 11.3 Å². The highest BCUT2D eigenvalue weighted by Crippen LogP contribution is 2.13. The van der Waals surface area contributed by atoms with Gasteiger partial charge in [-0.1, -0.05) is 28.1 Å². The zero-order chi connectivity index (χ0) is 9.97. The summed E-state index contributed by atoms with van der Waals surface area (Å²) >= 11 is 3.39. The molecule has 0 unspecified atom stereocenters. The lowest BCUT2D eigenvalue weighted by Gasteiger charge is -1.98. The second-order valence-corrected chi connectivity index (χ2v) is 4.01. The number of aromatic amines is 1. The molecule has 0 amide bonds. The van der Waals surface area contributed by atoms with Crippen molar-refractivity contribution in [2.24, 2.45) is 0 Å². The molecule has 2 aromatic rings. The van der Waals surface area contributed by atoms with Crippen LogP contribution in [0.25, 0.3) is 0 Å². The average molecular weight is 252 g/mol. The highest BCUT2D eigenvalue weighted by molar-refractivity contribution is 9.10. The molecule has 0 radical (unpaired) electrons. The molecule has 1 aromatic carbocycles. The second kappa shape index (κ2) is 3.84. The summed E-state index contributed by atoms with van der Waals surface area (Å²) in [4.78, 5) is 6.94. The minimum Gasteiger partial charge on any atom is -0.369 e. The number of hydrogen-bond acceptors (Lipinski definition) is 2. The van der Waals surface area contributed by atoms with Crippen molar-refractivity contribution in [2.45, 2.75) is 6.42 Å². The van der Waals surface area contributed by atoms with Crippen LogP contribution in [-0.4, -0.2) is 9.97 Å². The first-order valence-corrected chi connectivity index (χ1v) is 5.07. The molecule has 0 aliphatic rings. The van der Waals surface area contributed by atoms with Crippen LogP contribution >= 0.6 is 15.9 Å². The molecule has 0 fully saturated rings. The van der Waals surface area contributed by atoms with E-state index in [0.717, 1.165) is 16.6 Å². The molecular formula is C10H10BrN3. The van der Waals surface area contributed by atoms with Gasteiger partial charge >= 0.3 is 0 Å². The molecule has 0 bridgehead atoms. The Morgan fingerprint density at radius 2 is 2.00 bits per heavy atom. The molecule has 1 aromatic heterocycles. The third kappa shape index (κ3) is 2.14. The first-order chi connectivity index (χ1) is 6.74. The molecule has 0 aliphatic carbocycles. The van der Waals surface area contributed by atoms with Gasteiger partial charge < -0.3 is 10.7 Å². The van der Waals surface area contributed by atoms with Gasteiger partial charge in [0.15, 0.2) is 5.95 Å². The zero-order valence-electron chi connectivity index (χ0n) is 7.50. The Kier molecular flexibility index (Phi) is 2.54. The average Bonchev–Trinajstić information content (AvgIpc) is 2.56. The normalized spacial score (nSPS) is 10.4. The van der Waals surface area contributed by atoms with Crippen LogP contribution in [0.3, 0.4) is 0 Å². The van der Waals surface area contributed by atoms with Crippen molar-refractivity contribution >= 4 is 21.9 Å². The van der Waals surface area contributed by atoms with Crippen LogP contribution in [0.4, 0.5) is 5.95 Å². The van der Waals surface area contributed by atoms with Crippen LogP contribution in [0.5, 0.6) is 0 Å². The summed E-state index contributed by atoms with van der Waals surface area (Å²) in [7, 11) is 0. The minimum atomic E-state index is 0.470. The molecule has 0 spiro atoms. The first kappa shape index (κ1) is 9.27. The van der Waals surface area contributed by atoms with Crippen molar-refractivity contribution in [3.8, 4) is 0 Å². The monoisotopic (exact) mass is 251 g/mol. The van der Waals surface area contributed by atoms with Gasteiger partial charge in [-0.25, -0.2) is 4.98 Å². The van der Waals surface area contributed by atoms with E-state index in [9.17, 15) is 0 Å². The molecule has 72 valence electrons. The fourth-order valence-corrected chi connectivity index (χ4v) is 1.55. The lowest BCUT2D eigenvalue weighted by atomic mass is 10.1. The minimum absolute atomic E-state index is 0.470. The Morgan fingerprint density at radius 3 is 2.57 bits per heavy atom. The predicted molar refractivity (Wildman–Crippen MR) is 59.9 cm³/mol. The van der Waals surface area contributed by atoms with E-state index in [1.54, 1.807) is 6.20 Å². The number of rotatable bonds is 2. The van der Waals surface area contributed by atoms with Crippen molar-refractivity contribution in [3.63, 3.8) is 0 Å². The van der Waals surface area contributed by atoms with Gasteiger partial charge in [0, 0.05) is 16.6 Å². The Hall–Kier alpha value is -1.29. The van der Waals surface area contributed by atoms with Gasteiger partial charge in [-0.05, 0) is 17.7 Å². The SMILES string of the molecule is Nc1ncc(Cc2ccc(Br)cc2)[nH]1. The number of halogens is 1. The third-order valence-corrected chi connectivity index (χ3v) is 2.48. The van der Waals surface area contributed by atoms with Crippen molar-refractivity contribution < 1.29 is 0 Å². The number of hydrogen-bond donors (Lipinski definition) is 2. The van der Waals surface area contributed by atoms with E-state index in [0.29, 0.717) is 5.95 Å². The van der Waals surface area contributed by atoms with Gasteiger partial charge in [-0.3, -0.25) is 0 Å². The fourth-order valence-electron chi connectivity index (χ4n) is 1.29. The van der Waals surface area contributed by atoms with Gasteiger partial charge in [-0.15, -0.1) is 0 Å². The Balaban J connectivity index is 2.15. The largest absolute Gasteiger partial charge is 0.369 e. The number of imidazole rings is 1. The Bertz CT molecular complexity index is 419. The number of benzene rings is 1. The van der Waals surface area contributed by atoms with E-state index >= 15 is 0 Å². The lowest BCUT2D eigenvalue weighted by Crippen LogP contribution is -1.89. The van der Waals surface area contributed by atoms with Crippen molar-refractivity contribution in [1.82, 2.24) is 9.97 Å². The van der Waals surface area contributed by atoms with Gasteiger partial charge in [-0.2, -0.15) is 0 Å². The summed E-state index contributed by atoms with van der Waals surface area (Å²) in [5, 5.41) is 0. The summed E-state index contributed by atoms with van der Waals surface area (Å²) in [5.41, 5.74) is 7.75. The summed E-state index contributed by atoms with van der Waals surface area (Å²) < 4.78 is 1.09. The topological polar surface area (TPSA) is 54.7 Å². The number of anilines is 1. The van der Waals surface area contributed by atoms with E-state index in [4.69, 9.17) is 5.73 Å². The van der Waals surface area contributed by atoms with Crippen molar-refractivity contribution in [2.75, 3.05) is 5.73 Å². The highest BCUT2D eigenvalue weighted by atomic mass is 79.9. The maximum atomic E-state index is 5.48. The predicted octanol–water partition coefficient (Wildman–Crippen LogP) is 2.35. The number of H-pyrrole nitrogens is 1. The van der Waals surface area contributed by atoms with E-state index < -0.39 is 0 Å². The molecule has 2 rings (SSSR count). The molecule has 3 nitrogen and oxygen atoms in total. The summed E-state index contributed by atoms with van der Waals surface area (Å²) in [6.07, 6.45) is 2.59. The molecule has 0 atom stereocenters. The number of nitrogens with two attached hydrogens (primary N) is 1. The summed E-state index contributed by atoms with van der Waals surface area (Å²) in [6.45, 7) is 0. The highest BCUT2D eigenvalue weighted by Gasteiger charge is 1.98. The van der Waals surface area contributed by atoms with Crippen molar-refractivity contribution in [1.29, 1.82) is 0 Å². The molecule has 0 saturated carbocycles. The van der Waals surface area contributed by atoms with E-state index in [1.807, 2.05) is 12.1 Å². The van der Waals surface area contributed by atoms with Crippen LogP contribution in [0.2, 0.25) is 0 Å². The maximum absolute atomic E-state index is 5.48. The molecule has 4 heteroatoms. The van der Waals surface area contributed by atoms with Gasteiger partial charge in [0.25, 0.3) is 0 Å². The molecular weight excluding hydrogens is 242 g/mol. The summed E-state index contributed by atoms with van der Waals surface area (Å²) in [6, 6.07) is 8.19. The van der Waals surface area contributed by atoms with Crippen LogP contribution < -0.4 is 5.73 Å². The van der Waals surface area contributed by atoms with Gasteiger partial charge in [0.2, 0.25) is 0 Å². The molecule has 0 aliphatic heterocycles. The molecule has 0 saturated heterocycles. The quantitative estimate of drug-likeness (QED) is 0.861. The van der Waals surface area contributed by atoms with E-state index in [1.165, 1.54) is 5.56 Å². The summed E-state index contributed by atoms with van der Waals surface area (Å²) in [5.74, 6) is 0.470. The van der Waals surface area contributed by atoms with Gasteiger partial charge in [0.1, 0.15) is 0 Å². The number of aromatic nitrogens is 2. The lowest BCUT2D eigenvalue weighted by molar-refractivity contribution is 1.11. The Morgan fingerprint density at radius 1 is 1.29 bits per heavy atom. The maximum Gasteiger partial charge on any atom is 0.197 e. The van der Waals surface area contributed by atoms with Crippen LogP contribution in [-0.2, 0) is 6.42 Å². The molecule has 3 N–H and O–H groups in total. The van der Waals surface area contributed by atoms with Gasteiger partial charge in [0.05, 0.1) is 6.20 Å². The smallest absolute Gasteiger partial charge is 0.197 e. The van der Waals surface area contributed by atoms with Crippen molar-refractivity contribution in [3.05, 3.63) is 46.2 Å². The number of nitrogens with zero attached hydrogens (tertiary/aromatic N) is 1. The fraction of sp³-hybridized carbons (Fsp3) is 0.100. The second-order valence-electron chi connectivity index (χ2n) is 3.10. The first-order valence-electron chi connectivity index (χ1n) is 4.28.